The lowest BCUT2D eigenvalue weighted by Gasteiger charge is -2.34. The van der Waals surface area contributed by atoms with E-state index in [-0.39, 0.29) is 34.9 Å². The second-order valence-electron chi connectivity index (χ2n) is 8.36. The molecule has 3 amide bonds. The van der Waals surface area contributed by atoms with Crippen molar-refractivity contribution in [3.05, 3.63) is 70.1 Å². The first-order chi connectivity index (χ1) is 17.3. The van der Waals surface area contributed by atoms with E-state index < -0.39 is 11.7 Å². The van der Waals surface area contributed by atoms with E-state index in [1.54, 1.807) is 42.1 Å². The lowest BCUT2D eigenvalue weighted by atomic mass is 10.0. The maximum absolute atomic E-state index is 13.8. The molecule has 0 spiro atoms. The van der Waals surface area contributed by atoms with Gasteiger partial charge in [-0.15, -0.1) is 0 Å². The largest absolute Gasteiger partial charge is 0.385 e. The number of benzene rings is 2. The summed E-state index contributed by atoms with van der Waals surface area (Å²) in [6.07, 6.45) is 2.26. The average molecular weight is 513 g/mol. The topological polar surface area (TPSA) is 115 Å². The number of nitrogens with one attached hydrogen (secondary N) is 1. The number of carbonyl (C=O) groups excluding carboxylic acids is 2. The number of anilines is 1. The molecular formula is C25H26ClFN6O3. The van der Waals surface area contributed by atoms with Crippen LogP contribution in [-0.2, 0) is 11.3 Å². The average Bonchev–Trinajstić information content (AvgIpc) is 3.25. The minimum absolute atomic E-state index is 0.0953. The Bertz CT molecular complexity index is 1310. The van der Waals surface area contributed by atoms with Crippen LogP contribution in [0.2, 0.25) is 5.02 Å². The van der Waals surface area contributed by atoms with E-state index in [4.69, 9.17) is 22.1 Å². The van der Waals surface area contributed by atoms with Crippen LogP contribution in [0.5, 0.6) is 0 Å². The van der Waals surface area contributed by atoms with Crippen LogP contribution in [-0.4, -0.2) is 60.1 Å². The van der Waals surface area contributed by atoms with Crippen molar-refractivity contribution in [2.75, 3.05) is 32.6 Å². The summed E-state index contributed by atoms with van der Waals surface area (Å²) >= 11 is 5.98. The zero-order valence-electron chi connectivity index (χ0n) is 19.9. The Balaban J connectivity index is 1.68. The zero-order valence-corrected chi connectivity index (χ0v) is 20.6. The summed E-state index contributed by atoms with van der Waals surface area (Å²) in [6.45, 7) is 0.867. The Morgan fingerprint density at radius 3 is 2.69 bits per heavy atom. The number of nitrogens with zero attached hydrogens (tertiary/aromatic N) is 4. The first-order valence-electron chi connectivity index (χ1n) is 11.3. The monoisotopic (exact) mass is 512 g/mol. The molecule has 0 fully saturated rings. The molecule has 1 aliphatic rings. The maximum atomic E-state index is 13.8. The van der Waals surface area contributed by atoms with E-state index in [1.807, 2.05) is 12.1 Å². The third-order valence-electron chi connectivity index (χ3n) is 5.95. The molecule has 0 bridgehead atoms. The number of nitrogens with two attached hydrogens (primary N) is 1. The summed E-state index contributed by atoms with van der Waals surface area (Å²) in [5.41, 5.74) is 8.71. The number of aromatic nitrogens is 2. The molecule has 0 saturated carbocycles. The molecule has 3 aromatic rings. The summed E-state index contributed by atoms with van der Waals surface area (Å²) in [7, 11) is 3.28. The lowest BCUT2D eigenvalue weighted by Crippen LogP contribution is -2.44. The van der Waals surface area contributed by atoms with Gasteiger partial charge in [0.15, 0.2) is 0 Å². The molecule has 1 unspecified atom stereocenters. The van der Waals surface area contributed by atoms with Crippen molar-refractivity contribution in [3.8, 4) is 11.3 Å². The molecule has 3 N–H and O–H groups in total. The first kappa shape index (κ1) is 25.3. The Morgan fingerprint density at radius 2 is 2.06 bits per heavy atom. The lowest BCUT2D eigenvalue weighted by molar-refractivity contribution is 0.0995. The van der Waals surface area contributed by atoms with Crippen LogP contribution in [0.4, 0.5) is 14.9 Å². The molecule has 11 heteroatoms. The standard InChI is InChI=1S/C25H26ClFN6O3/c1-29-12-15-3-6-17(7-4-15)30-25(35)32-13-18(9-10-36-2)33-21(14-32)22(24(28)34)23(31-33)16-5-8-20(27)19(26)11-16/h3-8,11-12,18H,9-10,13-14H2,1-2H3,(H2,28,34)(H,30,35). The number of hydrogen-bond acceptors (Lipinski definition) is 5. The van der Waals surface area contributed by atoms with Gasteiger partial charge in [-0.25, -0.2) is 9.18 Å². The van der Waals surface area contributed by atoms with Crippen LogP contribution in [0.3, 0.4) is 0 Å². The SMILES string of the molecule is CN=Cc1ccc(NC(=O)N2Cc3c(C(N)=O)c(-c4ccc(F)c(Cl)c4)nn3C(CCOC)C2)cc1. The van der Waals surface area contributed by atoms with Crippen molar-refractivity contribution >= 4 is 35.4 Å². The van der Waals surface area contributed by atoms with Gasteiger partial charge in [-0.2, -0.15) is 5.10 Å². The Morgan fingerprint density at radius 1 is 1.31 bits per heavy atom. The number of aliphatic imine (C=N–C) groups is 1. The van der Waals surface area contributed by atoms with Crippen LogP contribution in [0.25, 0.3) is 11.3 Å². The van der Waals surface area contributed by atoms with E-state index in [0.29, 0.717) is 36.5 Å². The highest BCUT2D eigenvalue weighted by molar-refractivity contribution is 6.31. The second kappa shape index (κ2) is 10.9. The highest BCUT2D eigenvalue weighted by Gasteiger charge is 2.34. The summed E-state index contributed by atoms with van der Waals surface area (Å²) < 4.78 is 20.7. The number of amides is 3. The summed E-state index contributed by atoms with van der Waals surface area (Å²) in [6, 6.07) is 10.8. The Labute approximate surface area is 212 Å². The van der Waals surface area contributed by atoms with Crippen LogP contribution in [0.15, 0.2) is 47.5 Å². The first-order valence-corrected chi connectivity index (χ1v) is 11.6. The van der Waals surface area contributed by atoms with Crippen LogP contribution in [0, 0.1) is 5.82 Å². The summed E-state index contributed by atoms with van der Waals surface area (Å²) in [5, 5.41) is 7.46. The molecule has 1 aromatic heterocycles. The molecule has 188 valence electrons. The van der Waals surface area contributed by atoms with Crippen molar-refractivity contribution in [1.82, 2.24) is 14.7 Å². The molecule has 0 radical (unpaired) electrons. The maximum Gasteiger partial charge on any atom is 0.322 e. The highest BCUT2D eigenvalue weighted by Crippen LogP contribution is 2.34. The number of methoxy groups -OCH3 is 1. The molecule has 1 atom stereocenters. The predicted molar refractivity (Wildman–Crippen MR) is 136 cm³/mol. The van der Waals surface area contributed by atoms with Gasteiger partial charge in [0.25, 0.3) is 5.91 Å². The molecule has 2 heterocycles. The fourth-order valence-corrected chi connectivity index (χ4v) is 4.41. The normalized spacial score (nSPS) is 15.2. The molecule has 2 aromatic carbocycles. The zero-order chi connectivity index (χ0) is 25.8. The van der Waals surface area contributed by atoms with Gasteiger partial charge in [-0.05, 0) is 42.3 Å². The number of carbonyl (C=O) groups is 2. The fourth-order valence-electron chi connectivity index (χ4n) is 4.23. The Kier molecular flexibility index (Phi) is 7.66. The van der Waals surface area contributed by atoms with Gasteiger partial charge in [-0.1, -0.05) is 23.7 Å². The van der Waals surface area contributed by atoms with Crippen LogP contribution < -0.4 is 11.1 Å². The van der Waals surface area contributed by atoms with Gasteiger partial charge < -0.3 is 20.7 Å². The minimum atomic E-state index is -0.701. The number of urea groups is 1. The summed E-state index contributed by atoms with van der Waals surface area (Å²) in [5.74, 6) is -1.28. The number of rotatable bonds is 7. The van der Waals surface area contributed by atoms with Gasteiger partial charge in [0.2, 0.25) is 0 Å². The van der Waals surface area contributed by atoms with Crippen LogP contribution >= 0.6 is 11.6 Å². The van der Waals surface area contributed by atoms with Gasteiger partial charge >= 0.3 is 6.03 Å². The Hall–Kier alpha value is -3.76. The van der Waals surface area contributed by atoms with Gasteiger partial charge in [0, 0.05) is 44.8 Å². The number of hydrogen-bond donors (Lipinski definition) is 2. The minimum Gasteiger partial charge on any atom is -0.385 e. The van der Waals surface area contributed by atoms with Crippen molar-refractivity contribution in [3.63, 3.8) is 0 Å². The molecule has 4 rings (SSSR count). The molecule has 36 heavy (non-hydrogen) atoms. The molecule has 0 saturated heterocycles. The number of ether oxygens (including phenoxy) is 1. The molecule has 9 nitrogen and oxygen atoms in total. The van der Waals surface area contributed by atoms with Crippen molar-refractivity contribution in [1.29, 1.82) is 0 Å². The summed E-state index contributed by atoms with van der Waals surface area (Å²) in [4.78, 5) is 31.3. The highest BCUT2D eigenvalue weighted by atomic mass is 35.5. The quantitative estimate of drug-likeness (QED) is 0.463. The number of halogens is 2. The molecule has 1 aliphatic heterocycles. The second-order valence-corrected chi connectivity index (χ2v) is 8.77. The van der Waals surface area contributed by atoms with Crippen molar-refractivity contribution in [2.24, 2.45) is 10.7 Å². The fraction of sp³-hybridized carbons (Fsp3) is 0.280. The number of fused-ring (bicyclic) bond motifs is 1. The van der Waals surface area contributed by atoms with E-state index in [2.05, 4.69) is 15.4 Å². The van der Waals surface area contributed by atoms with E-state index in [9.17, 15) is 14.0 Å². The smallest absolute Gasteiger partial charge is 0.322 e. The van der Waals surface area contributed by atoms with Gasteiger partial charge in [-0.3, -0.25) is 14.5 Å². The van der Waals surface area contributed by atoms with Gasteiger partial charge in [0.05, 0.1) is 28.9 Å². The predicted octanol–water partition coefficient (Wildman–Crippen LogP) is 4.12. The van der Waals surface area contributed by atoms with Crippen molar-refractivity contribution in [2.45, 2.75) is 19.0 Å². The van der Waals surface area contributed by atoms with Crippen molar-refractivity contribution < 1.29 is 18.7 Å². The molecule has 0 aliphatic carbocycles. The van der Waals surface area contributed by atoms with E-state index in [1.165, 1.54) is 18.2 Å². The third-order valence-corrected chi connectivity index (χ3v) is 6.24. The van der Waals surface area contributed by atoms with Crippen LogP contribution in [0.1, 0.15) is 34.1 Å². The number of primary amides is 1. The third kappa shape index (κ3) is 5.24. The van der Waals surface area contributed by atoms with E-state index in [0.717, 1.165) is 5.56 Å². The van der Waals surface area contributed by atoms with Gasteiger partial charge in [0.1, 0.15) is 11.5 Å². The molecular weight excluding hydrogens is 487 g/mol. The van der Waals surface area contributed by atoms with E-state index >= 15 is 0 Å².